The summed E-state index contributed by atoms with van der Waals surface area (Å²) in [5.74, 6) is 1.64. The Morgan fingerprint density at radius 3 is 2.86 bits per heavy atom. The second-order valence-corrected chi connectivity index (χ2v) is 7.69. The highest BCUT2D eigenvalue weighted by Gasteiger charge is 2.30. The number of carbonyl (C=O) groups excluding carboxylic acids is 2. The lowest BCUT2D eigenvalue weighted by atomic mass is 9.96. The van der Waals surface area contributed by atoms with Crippen molar-refractivity contribution in [3.05, 3.63) is 35.2 Å². The molecular weight excluding hydrogens is 358 g/mol. The van der Waals surface area contributed by atoms with E-state index < -0.39 is 0 Å². The maximum atomic E-state index is 12.3. The maximum absolute atomic E-state index is 12.3. The third kappa shape index (κ3) is 3.79. The Labute approximate surface area is 164 Å². The smallest absolute Gasteiger partial charge is 0.306 e. The number of likely N-dealkylation sites (tertiary alicyclic amines) is 1. The highest BCUT2D eigenvalue weighted by atomic mass is 16.5. The predicted molar refractivity (Wildman–Crippen MR) is 101 cm³/mol. The van der Waals surface area contributed by atoms with Gasteiger partial charge in [-0.15, -0.1) is 0 Å². The Morgan fingerprint density at radius 2 is 2.14 bits per heavy atom. The summed E-state index contributed by atoms with van der Waals surface area (Å²) in [7, 11) is 0. The SMILES string of the molecule is CCc1nc(-c2ccc3c(c2)CC[C@H]3CC(=O)OCC2CN(C(C)=O)C2)no1. The van der Waals surface area contributed by atoms with Crippen LogP contribution in [0.2, 0.25) is 0 Å². The Morgan fingerprint density at radius 1 is 1.32 bits per heavy atom. The summed E-state index contributed by atoms with van der Waals surface area (Å²) in [6, 6.07) is 6.18. The van der Waals surface area contributed by atoms with Gasteiger partial charge in [-0.2, -0.15) is 4.98 Å². The quantitative estimate of drug-likeness (QED) is 0.713. The van der Waals surface area contributed by atoms with Crippen LogP contribution in [0.4, 0.5) is 0 Å². The fourth-order valence-corrected chi connectivity index (χ4v) is 3.98. The fourth-order valence-electron chi connectivity index (χ4n) is 3.98. The van der Waals surface area contributed by atoms with Crippen molar-refractivity contribution >= 4 is 11.9 Å². The lowest BCUT2D eigenvalue weighted by molar-refractivity contribution is -0.149. The number of hydrogen-bond acceptors (Lipinski definition) is 6. The fraction of sp³-hybridized carbons (Fsp3) is 0.524. The molecule has 1 atom stereocenters. The Bertz CT molecular complexity index is 886. The first-order valence-electron chi connectivity index (χ1n) is 9.90. The van der Waals surface area contributed by atoms with E-state index in [-0.39, 0.29) is 23.7 Å². The van der Waals surface area contributed by atoms with Gasteiger partial charge in [0.25, 0.3) is 0 Å². The van der Waals surface area contributed by atoms with E-state index in [1.54, 1.807) is 11.8 Å². The molecule has 7 nitrogen and oxygen atoms in total. The zero-order chi connectivity index (χ0) is 19.7. The Balaban J connectivity index is 1.32. The van der Waals surface area contributed by atoms with Crippen LogP contribution in [0.15, 0.2) is 22.7 Å². The molecule has 0 spiro atoms. The predicted octanol–water partition coefficient (Wildman–Crippen LogP) is 2.74. The Hall–Kier alpha value is -2.70. The minimum Gasteiger partial charge on any atom is -0.465 e. The van der Waals surface area contributed by atoms with Gasteiger partial charge in [0.15, 0.2) is 0 Å². The molecule has 0 bridgehead atoms. The second-order valence-electron chi connectivity index (χ2n) is 7.69. The van der Waals surface area contributed by atoms with Crippen molar-refractivity contribution in [1.29, 1.82) is 0 Å². The molecule has 1 saturated heterocycles. The molecule has 2 aliphatic rings. The zero-order valence-electron chi connectivity index (χ0n) is 16.3. The summed E-state index contributed by atoms with van der Waals surface area (Å²) in [5, 5.41) is 4.04. The minimum atomic E-state index is -0.158. The summed E-state index contributed by atoms with van der Waals surface area (Å²) in [6.45, 7) is 5.32. The number of aromatic nitrogens is 2. The first-order chi connectivity index (χ1) is 13.5. The van der Waals surface area contributed by atoms with E-state index in [4.69, 9.17) is 9.26 Å². The lowest BCUT2D eigenvalue weighted by Gasteiger charge is -2.38. The van der Waals surface area contributed by atoms with Gasteiger partial charge in [-0.05, 0) is 36.0 Å². The van der Waals surface area contributed by atoms with Crippen LogP contribution < -0.4 is 0 Å². The van der Waals surface area contributed by atoms with Gasteiger partial charge in [0.2, 0.25) is 17.6 Å². The number of ether oxygens (including phenoxy) is 1. The summed E-state index contributed by atoms with van der Waals surface area (Å²) >= 11 is 0. The van der Waals surface area contributed by atoms with Crippen molar-refractivity contribution in [1.82, 2.24) is 15.0 Å². The molecule has 1 aliphatic heterocycles. The topological polar surface area (TPSA) is 85.5 Å². The van der Waals surface area contributed by atoms with Crippen molar-refractivity contribution in [3.8, 4) is 11.4 Å². The molecule has 1 amide bonds. The average molecular weight is 383 g/mol. The van der Waals surface area contributed by atoms with Crippen molar-refractivity contribution < 1.29 is 18.8 Å². The number of carbonyl (C=O) groups is 2. The van der Waals surface area contributed by atoms with Crippen molar-refractivity contribution in [2.75, 3.05) is 19.7 Å². The molecule has 7 heteroatoms. The number of benzene rings is 1. The number of amides is 1. The van der Waals surface area contributed by atoms with Gasteiger partial charge < -0.3 is 14.2 Å². The van der Waals surface area contributed by atoms with Gasteiger partial charge in [0.05, 0.1) is 13.0 Å². The van der Waals surface area contributed by atoms with E-state index >= 15 is 0 Å². The number of nitrogens with zero attached hydrogens (tertiary/aromatic N) is 3. The van der Waals surface area contributed by atoms with Crippen LogP contribution in [0.5, 0.6) is 0 Å². The summed E-state index contributed by atoms with van der Waals surface area (Å²) in [5.41, 5.74) is 3.41. The standard InChI is InChI=1S/C21H25N3O4/c1-3-19-22-21(23-28-19)17-6-7-18-15(8-17)4-5-16(18)9-20(26)27-12-14-10-24(11-14)13(2)25/h6-8,14,16H,3-5,9-12H2,1-2H3/t16-/m0/s1. The summed E-state index contributed by atoms with van der Waals surface area (Å²) in [6.07, 6.45) is 3.01. The van der Waals surface area contributed by atoms with E-state index in [0.717, 1.165) is 24.8 Å². The maximum Gasteiger partial charge on any atom is 0.306 e. The van der Waals surface area contributed by atoms with Crippen LogP contribution in [-0.4, -0.2) is 46.6 Å². The monoisotopic (exact) mass is 383 g/mol. The second kappa shape index (κ2) is 7.73. The van der Waals surface area contributed by atoms with Crippen LogP contribution in [0.3, 0.4) is 0 Å². The molecule has 1 aromatic carbocycles. The van der Waals surface area contributed by atoms with Crippen molar-refractivity contribution in [3.63, 3.8) is 0 Å². The largest absolute Gasteiger partial charge is 0.465 e. The lowest BCUT2D eigenvalue weighted by Crippen LogP contribution is -2.51. The third-order valence-corrected chi connectivity index (χ3v) is 5.67. The van der Waals surface area contributed by atoms with Gasteiger partial charge in [0, 0.05) is 37.9 Å². The van der Waals surface area contributed by atoms with Crippen LogP contribution in [0.25, 0.3) is 11.4 Å². The minimum absolute atomic E-state index is 0.0799. The first kappa shape index (κ1) is 18.7. The van der Waals surface area contributed by atoms with Gasteiger partial charge >= 0.3 is 5.97 Å². The third-order valence-electron chi connectivity index (χ3n) is 5.67. The van der Waals surface area contributed by atoms with Crippen LogP contribution >= 0.6 is 0 Å². The molecule has 0 radical (unpaired) electrons. The molecule has 1 aliphatic carbocycles. The van der Waals surface area contributed by atoms with Crippen LogP contribution in [-0.2, 0) is 27.2 Å². The van der Waals surface area contributed by atoms with Crippen molar-refractivity contribution in [2.24, 2.45) is 5.92 Å². The molecular formula is C21H25N3O4. The van der Waals surface area contributed by atoms with E-state index in [2.05, 4.69) is 22.3 Å². The van der Waals surface area contributed by atoms with E-state index in [0.29, 0.717) is 37.8 Å². The highest BCUT2D eigenvalue weighted by molar-refractivity contribution is 5.74. The number of fused-ring (bicyclic) bond motifs is 1. The summed E-state index contributed by atoms with van der Waals surface area (Å²) < 4.78 is 10.6. The van der Waals surface area contributed by atoms with Crippen LogP contribution in [0, 0.1) is 5.92 Å². The van der Waals surface area contributed by atoms with Crippen LogP contribution in [0.1, 0.15) is 49.6 Å². The molecule has 4 rings (SSSR count). The van der Waals surface area contributed by atoms with E-state index in [1.165, 1.54) is 11.1 Å². The van der Waals surface area contributed by atoms with Gasteiger partial charge in [-0.25, -0.2) is 0 Å². The number of aryl methyl sites for hydroxylation is 2. The molecule has 0 saturated carbocycles. The van der Waals surface area contributed by atoms with Gasteiger partial charge in [-0.3, -0.25) is 9.59 Å². The van der Waals surface area contributed by atoms with Crippen molar-refractivity contribution in [2.45, 2.75) is 45.4 Å². The summed E-state index contributed by atoms with van der Waals surface area (Å²) in [4.78, 5) is 29.6. The Kier molecular flexibility index (Phi) is 5.15. The normalized spacial score (nSPS) is 18.6. The first-order valence-corrected chi connectivity index (χ1v) is 9.90. The highest BCUT2D eigenvalue weighted by Crippen LogP contribution is 2.37. The van der Waals surface area contributed by atoms with E-state index in [9.17, 15) is 9.59 Å². The van der Waals surface area contributed by atoms with Gasteiger partial charge in [0.1, 0.15) is 0 Å². The molecule has 28 heavy (non-hydrogen) atoms. The molecule has 1 aromatic heterocycles. The number of rotatable bonds is 6. The molecule has 0 N–H and O–H groups in total. The van der Waals surface area contributed by atoms with E-state index in [1.807, 2.05) is 13.0 Å². The molecule has 2 heterocycles. The number of esters is 1. The van der Waals surface area contributed by atoms with Gasteiger partial charge in [-0.1, -0.05) is 24.2 Å². The number of hydrogen-bond donors (Lipinski definition) is 0. The average Bonchev–Trinajstić information content (AvgIpc) is 3.27. The molecule has 2 aromatic rings. The molecule has 148 valence electrons. The zero-order valence-corrected chi connectivity index (χ0v) is 16.3. The molecule has 1 fully saturated rings. The molecule has 0 unspecified atom stereocenters.